The molecule has 6 nitrogen and oxygen atoms in total. The van der Waals surface area contributed by atoms with E-state index >= 15 is 0 Å². The molecule has 1 saturated heterocycles. The fourth-order valence-electron chi connectivity index (χ4n) is 3.02. The maximum atomic E-state index is 12.3. The first-order valence-corrected chi connectivity index (χ1v) is 7.58. The molecule has 0 aliphatic carbocycles. The van der Waals surface area contributed by atoms with E-state index in [-0.39, 0.29) is 5.91 Å². The van der Waals surface area contributed by atoms with Crippen LogP contribution in [0.1, 0.15) is 25.6 Å². The average molecular weight is 294 g/mol. The third-order valence-electron chi connectivity index (χ3n) is 3.98. The number of imidazole rings is 1. The second-order valence-corrected chi connectivity index (χ2v) is 6.17. The van der Waals surface area contributed by atoms with E-state index in [0.29, 0.717) is 39.0 Å². The third-order valence-corrected chi connectivity index (χ3v) is 3.98. The molecule has 1 atom stereocenters. The van der Waals surface area contributed by atoms with Crippen molar-refractivity contribution in [3.8, 4) is 0 Å². The van der Waals surface area contributed by atoms with E-state index in [1.54, 1.807) is 11.1 Å². The van der Waals surface area contributed by atoms with E-state index in [9.17, 15) is 9.90 Å². The van der Waals surface area contributed by atoms with Crippen LogP contribution in [0.2, 0.25) is 0 Å². The number of β-amino-alcohol motifs (C(OH)–C–C–N with tert-alkyl or cyclic N) is 1. The lowest BCUT2D eigenvalue weighted by atomic mass is 10.0. The van der Waals surface area contributed by atoms with Crippen LogP contribution < -0.4 is 0 Å². The number of likely N-dealkylation sites (tertiary alicyclic amines) is 1. The van der Waals surface area contributed by atoms with Gasteiger partial charge in [0.25, 0.3) is 0 Å². The van der Waals surface area contributed by atoms with Gasteiger partial charge in [0, 0.05) is 44.9 Å². The lowest BCUT2D eigenvalue weighted by Gasteiger charge is -2.26. The molecule has 21 heavy (non-hydrogen) atoms. The number of aromatic nitrogens is 2. The molecule has 118 valence electrons. The standard InChI is InChI=1S/C15H26N4O2/c1-4-13-16-7-10-18(13)8-5-14(20)19-9-6-15(21,12-19)11-17(2)3/h7,10,21H,4-6,8-9,11-12H2,1-3H3. The number of rotatable bonds is 6. The summed E-state index contributed by atoms with van der Waals surface area (Å²) in [5.74, 6) is 1.12. The molecule has 6 heteroatoms. The molecular formula is C15H26N4O2. The van der Waals surface area contributed by atoms with Crippen molar-refractivity contribution in [1.29, 1.82) is 0 Å². The fourth-order valence-corrected chi connectivity index (χ4v) is 3.02. The Morgan fingerprint density at radius 2 is 2.29 bits per heavy atom. The maximum Gasteiger partial charge on any atom is 0.224 e. The Morgan fingerprint density at radius 1 is 1.52 bits per heavy atom. The highest BCUT2D eigenvalue weighted by Crippen LogP contribution is 2.22. The molecule has 2 rings (SSSR count). The van der Waals surface area contributed by atoms with Gasteiger partial charge in [0.1, 0.15) is 5.82 Å². The van der Waals surface area contributed by atoms with Crippen LogP contribution in [0, 0.1) is 0 Å². The minimum absolute atomic E-state index is 0.112. The number of hydrogen-bond acceptors (Lipinski definition) is 4. The number of likely N-dealkylation sites (N-methyl/N-ethyl adjacent to an activating group) is 1. The Bertz CT molecular complexity index is 486. The van der Waals surface area contributed by atoms with Crippen molar-refractivity contribution in [2.75, 3.05) is 33.7 Å². The molecule has 0 bridgehead atoms. The second kappa shape index (κ2) is 6.58. The van der Waals surface area contributed by atoms with Gasteiger partial charge in [-0.05, 0) is 20.5 Å². The molecule has 1 fully saturated rings. The summed E-state index contributed by atoms with van der Waals surface area (Å²) in [6.07, 6.45) is 5.67. The lowest BCUT2D eigenvalue weighted by Crippen LogP contribution is -2.43. The predicted octanol–water partition coefficient (Wildman–Crippen LogP) is 0.361. The van der Waals surface area contributed by atoms with Gasteiger partial charge in [0.05, 0.1) is 12.1 Å². The van der Waals surface area contributed by atoms with E-state index in [4.69, 9.17) is 0 Å². The van der Waals surface area contributed by atoms with Gasteiger partial charge in [-0.1, -0.05) is 6.92 Å². The number of hydrogen-bond donors (Lipinski definition) is 1. The minimum Gasteiger partial charge on any atom is -0.387 e. The summed E-state index contributed by atoms with van der Waals surface area (Å²) in [7, 11) is 3.88. The highest BCUT2D eigenvalue weighted by Gasteiger charge is 2.38. The van der Waals surface area contributed by atoms with Gasteiger partial charge in [-0.2, -0.15) is 0 Å². The molecule has 0 saturated carbocycles. The molecule has 1 unspecified atom stereocenters. The van der Waals surface area contributed by atoms with Gasteiger partial charge in [-0.3, -0.25) is 4.79 Å². The smallest absolute Gasteiger partial charge is 0.224 e. The van der Waals surface area contributed by atoms with E-state index in [0.717, 1.165) is 12.2 Å². The number of nitrogens with zero attached hydrogens (tertiary/aromatic N) is 4. The van der Waals surface area contributed by atoms with Gasteiger partial charge in [0.2, 0.25) is 5.91 Å². The van der Waals surface area contributed by atoms with E-state index in [2.05, 4.69) is 11.9 Å². The molecule has 1 aliphatic rings. The van der Waals surface area contributed by atoms with Crippen LogP contribution in [-0.2, 0) is 17.8 Å². The van der Waals surface area contributed by atoms with Gasteiger partial charge >= 0.3 is 0 Å². The van der Waals surface area contributed by atoms with E-state index in [1.165, 1.54) is 0 Å². The minimum atomic E-state index is -0.761. The number of aliphatic hydroxyl groups is 1. The Labute approximate surface area is 126 Å². The highest BCUT2D eigenvalue weighted by molar-refractivity contribution is 5.76. The number of amides is 1. The largest absolute Gasteiger partial charge is 0.387 e. The first-order chi connectivity index (χ1) is 9.93. The van der Waals surface area contributed by atoms with Crippen LogP contribution in [0.15, 0.2) is 12.4 Å². The molecule has 1 amide bonds. The monoisotopic (exact) mass is 294 g/mol. The maximum absolute atomic E-state index is 12.3. The summed E-state index contributed by atoms with van der Waals surface area (Å²) in [5.41, 5.74) is -0.761. The zero-order valence-electron chi connectivity index (χ0n) is 13.2. The number of carbonyl (C=O) groups is 1. The molecule has 0 radical (unpaired) electrons. The van der Waals surface area contributed by atoms with E-state index in [1.807, 2.05) is 29.8 Å². The second-order valence-electron chi connectivity index (χ2n) is 6.17. The Hall–Kier alpha value is -1.40. The zero-order chi connectivity index (χ0) is 15.5. The van der Waals surface area contributed by atoms with Crippen LogP contribution in [0.4, 0.5) is 0 Å². The summed E-state index contributed by atoms with van der Waals surface area (Å²) in [6, 6.07) is 0. The van der Waals surface area contributed by atoms with Gasteiger partial charge in [-0.15, -0.1) is 0 Å². The van der Waals surface area contributed by atoms with Crippen molar-refractivity contribution in [1.82, 2.24) is 19.4 Å². The van der Waals surface area contributed by atoms with Crippen LogP contribution in [0.25, 0.3) is 0 Å². The quantitative estimate of drug-likeness (QED) is 0.823. The van der Waals surface area contributed by atoms with Gasteiger partial charge in [0.15, 0.2) is 0 Å². The van der Waals surface area contributed by atoms with Gasteiger partial charge in [-0.25, -0.2) is 4.98 Å². The van der Waals surface area contributed by atoms with Crippen molar-refractivity contribution >= 4 is 5.91 Å². The first-order valence-electron chi connectivity index (χ1n) is 7.58. The highest BCUT2D eigenvalue weighted by atomic mass is 16.3. The number of carbonyl (C=O) groups excluding carboxylic acids is 1. The van der Waals surface area contributed by atoms with Gasteiger partial charge < -0.3 is 19.5 Å². The molecule has 1 aromatic heterocycles. The van der Waals surface area contributed by atoms with Crippen molar-refractivity contribution in [2.24, 2.45) is 0 Å². The topological polar surface area (TPSA) is 61.6 Å². The van der Waals surface area contributed by atoms with Crippen LogP contribution in [0.3, 0.4) is 0 Å². The summed E-state index contributed by atoms with van der Waals surface area (Å²) in [6.45, 7) is 4.40. The first kappa shape index (κ1) is 16.0. The molecule has 2 heterocycles. The number of aryl methyl sites for hydroxylation is 2. The van der Waals surface area contributed by atoms with Crippen molar-refractivity contribution in [3.63, 3.8) is 0 Å². The molecule has 1 aliphatic heterocycles. The Kier molecular flexibility index (Phi) is 5.00. The predicted molar refractivity (Wildman–Crippen MR) is 80.9 cm³/mol. The zero-order valence-corrected chi connectivity index (χ0v) is 13.2. The normalized spacial score (nSPS) is 22.2. The summed E-state index contributed by atoms with van der Waals surface area (Å²) < 4.78 is 2.03. The molecule has 0 aromatic carbocycles. The summed E-state index contributed by atoms with van der Waals surface area (Å²) in [5, 5.41) is 10.5. The van der Waals surface area contributed by atoms with Crippen LogP contribution in [0.5, 0.6) is 0 Å². The molecule has 1 N–H and O–H groups in total. The molecule has 1 aromatic rings. The summed E-state index contributed by atoms with van der Waals surface area (Å²) >= 11 is 0. The molecule has 0 spiro atoms. The fraction of sp³-hybridized carbons (Fsp3) is 0.733. The Balaban J connectivity index is 1.85. The van der Waals surface area contributed by atoms with Crippen LogP contribution in [-0.4, -0.2) is 69.7 Å². The molecular weight excluding hydrogens is 268 g/mol. The van der Waals surface area contributed by atoms with Crippen molar-refractivity contribution in [3.05, 3.63) is 18.2 Å². The average Bonchev–Trinajstić information content (AvgIpc) is 3.01. The van der Waals surface area contributed by atoms with Crippen LogP contribution >= 0.6 is 0 Å². The third kappa shape index (κ3) is 4.04. The van der Waals surface area contributed by atoms with Crippen molar-refractivity contribution < 1.29 is 9.90 Å². The van der Waals surface area contributed by atoms with Crippen molar-refractivity contribution in [2.45, 2.75) is 38.3 Å². The summed E-state index contributed by atoms with van der Waals surface area (Å²) in [4.78, 5) is 20.3. The van der Waals surface area contributed by atoms with E-state index < -0.39 is 5.60 Å². The lowest BCUT2D eigenvalue weighted by molar-refractivity contribution is -0.131. The SMILES string of the molecule is CCc1nccn1CCC(=O)N1CCC(O)(CN(C)C)C1. The Morgan fingerprint density at radius 3 is 2.95 bits per heavy atom.